The van der Waals surface area contributed by atoms with E-state index in [1.807, 2.05) is 19.1 Å². The fourth-order valence-corrected chi connectivity index (χ4v) is 3.09. The van der Waals surface area contributed by atoms with Crippen molar-refractivity contribution in [3.05, 3.63) is 29.8 Å². The first kappa shape index (κ1) is 24.7. The van der Waals surface area contributed by atoms with Crippen LogP contribution in [0.4, 0.5) is 0 Å². The van der Waals surface area contributed by atoms with Gasteiger partial charge in [-0.25, -0.2) is 0 Å². The number of hydrogen-bond acceptors (Lipinski definition) is 4. The Morgan fingerprint density at radius 1 is 1.08 bits per heavy atom. The average molecular weight is 386 g/mol. The Morgan fingerprint density at radius 3 is 2.31 bits per heavy atom. The van der Waals surface area contributed by atoms with Crippen LogP contribution in [-0.4, -0.2) is 43.7 Å². The molecule has 0 aliphatic heterocycles. The summed E-state index contributed by atoms with van der Waals surface area (Å²) in [6.45, 7) is 9.05. The highest BCUT2D eigenvalue weighted by molar-refractivity contribution is 5.85. The minimum Gasteiger partial charge on any atom is -0.497 e. The van der Waals surface area contributed by atoms with Gasteiger partial charge in [0.25, 0.3) is 0 Å². The van der Waals surface area contributed by atoms with E-state index in [9.17, 15) is 4.79 Å². The third kappa shape index (κ3) is 10.0. The van der Waals surface area contributed by atoms with Gasteiger partial charge in [0, 0.05) is 12.5 Å². The topological polar surface area (TPSA) is 38.8 Å². The lowest BCUT2D eigenvalue weighted by Crippen LogP contribution is -2.35. The molecule has 0 N–H and O–H groups in total. The normalized spacial score (nSPS) is 11.7. The second-order valence-electron chi connectivity index (χ2n) is 6.50. The Morgan fingerprint density at radius 2 is 1.73 bits per heavy atom. The number of methoxy groups -OCH3 is 1. The molecule has 0 aromatic heterocycles. The number of rotatable bonds is 13. The number of benzene rings is 1. The van der Waals surface area contributed by atoms with Gasteiger partial charge in [0.15, 0.2) is 0 Å². The fourth-order valence-electron chi connectivity index (χ4n) is 3.09. The fraction of sp³-hybridized carbons (Fsp3) is 0.667. The first-order valence-corrected chi connectivity index (χ1v) is 9.63. The summed E-state index contributed by atoms with van der Waals surface area (Å²) >= 11 is 0. The van der Waals surface area contributed by atoms with Crippen LogP contribution in [0, 0.1) is 0 Å². The summed E-state index contributed by atoms with van der Waals surface area (Å²) in [7, 11) is 1.70. The van der Waals surface area contributed by atoms with Crippen LogP contribution in [0.15, 0.2) is 24.3 Å². The van der Waals surface area contributed by atoms with Crippen LogP contribution < -0.4 is 4.74 Å². The molecule has 0 fully saturated rings. The van der Waals surface area contributed by atoms with Crippen LogP contribution in [0.2, 0.25) is 0 Å². The predicted molar refractivity (Wildman–Crippen MR) is 110 cm³/mol. The van der Waals surface area contributed by atoms with Crippen LogP contribution in [0.1, 0.15) is 58.4 Å². The van der Waals surface area contributed by atoms with Crippen molar-refractivity contribution in [2.24, 2.45) is 0 Å². The standard InChI is InChI=1S/C21H35NO3.ClH/c1-5-22(16-10-8-7-9-11-21(23)25-6-2)18(3)17-19-12-14-20(24-4)15-13-19;/h12-15,18H,5-11,16-17H2,1-4H3;1H. The first-order chi connectivity index (χ1) is 12.1. The van der Waals surface area contributed by atoms with E-state index in [1.54, 1.807) is 7.11 Å². The largest absolute Gasteiger partial charge is 0.497 e. The average Bonchev–Trinajstić information content (AvgIpc) is 2.62. The SMILES string of the molecule is CCOC(=O)CCCCCCN(CC)C(C)Cc1ccc(OC)cc1.Cl. The Labute approximate surface area is 165 Å². The maximum absolute atomic E-state index is 11.3. The number of hydrogen-bond donors (Lipinski definition) is 0. The number of carbonyl (C=O) groups excluding carboxylic acids is 1. The summed E-state index contributed by atoms with van der Waals surface area (Å²) < 4.78 is 10.2. The molecule has 0 saturated carbocycles. The quantitative estimate of drug-likeness (QED) is 0.358. The van der Waals surface area contributed by atoms with Gasteiger partial charge in [-0.2, -0.15) is 0 Å². The highest BCUT2D eigenvalue weighted by atomic mass is 35.5. The molecule has 4 nitrogen and oxygen atoms in total. The van der Waals surface area contributed by atoms with E-state index in [4.69, 9.17) is 9.47 Å². The van der Waals surface area contributed by atoms with Crippen molar-refractivity contribution in [2.75, 3.05) is 26.8 Å². The lowest BCUT2D eigenvalue weighted by atomic mass is 10.0. The zero-order valence-corrected chi connectivity index (χ0v) is 17.6. The third-order valence-corrected chi connectivity index (χ3v) is 4.60. The van der Waals surface area contributed by atoms with Crippen molar-refractivity contribution in [1.82, 2.24) is 4.90 Å². The van der Waals surface area contributed by atoms with Crippen LogP contribution >= 0.6 is 12.4 Å². The minimum absolute atomic E-state index is 0. The summed E-state index contributed by atoms with van der Waals surface area (Å²) in [5.74, 6) is 0.845. The number of halogens is 1. The number of likely N-dealkylation sites (N-methyl/N-ethyl adjacent to an activating group) is 1. The third-order valence-electron chi connectivity index (χ3n) is 4.60. The molecular weight excluding hydrogens is 350 g/mol. The van der Waals surface area contributed by atoms with Crippen LogP contribution in [-0.2, 0) is 16.0 Å². The van der Waals surface area contributed by atoms with Gasteiger partial charge in [0.05, 0.1) is 13.7 Å². The van der Waals surface area contributed by atoms with Crippen molar-refractivity contribution in [3.63, 3.8) is 0 Å². The van der Waals surface area contributed by atoms with Gasteiger partial charge in [-0.1, -0.05) is 31.9 Å². The molecule has 0 heterocycles. The van der Waals surface area contributed by atoms with E-state index < -0.39 is 0 Å². The lowest BCUT2D eigenvalue weighted by Gasteiger charge is -2.28. The Kier molecular flexibility index (Phi) is 14.1. The van der Waals surface area contributed by atoms with Gasteiger partial charge in [-0.3, -0.25) is 4.79 Å². The molecular formula is C21H36ClNO3. The van der Waals surface area contributed by atoms with Gasteiger partial charge in [0.2, 0.25) is 0 Å². The molecule has 0 saturated heterocycles. The molecule has 1 unspecified atom stereocenters. The summed E-state index contributed by atoms with van der Waals surface area (Å²) in [6, 6.07) is 8.89. The van der Waals surface area contributed by atoms with Crippen molar-refractivity contribution in [2.45, 2.75) is 65.3 Å². The first-order valence-electron chi connectivity index (χ1n) is 9.63. The molecule has 0 aliphatic rings. The van der Waals surface area contributed by atoms with Crippen molar-refractivity contribution < 1.29 is 14.3 Å². The van der Waals surface area contributed by atoms with Crippen LogP contribution in [0.3, 0.4) is 0 Å². The van der Waals surface area contributed by atoms with Crippen molar-refractivity contribution in [3.8, 4) is 5.75 Å². The maximum Gasteiger partial charge on any atom is 0.305 e. The van der Waals surface area contributed by atoms with Crippen molar-refractivity contribution in [1.29, 1.82) is 0 Å². The van der Waals surface area contributed by atoms with Gasteiger partial charge in [-0.05, 0) is 63.9 Å². The number of unbranched alkanes of at least 4 members (excludes halogenated alkanes) is 3. The molecule has 26 heavy (non-hydrogen) atoms. The second kappa shape index (κ2) is 14.9. The maximum atomic E-state index is 11.3. The molecule has 0 bridgehead atoms. The highest BCUT2D eigenvalue weighted by Gasteiger charge is 2.12. The van der Waals surface area contributed by atoms with E-state index >= 15 is 0 Å². The molecule has 1 rings (SSSR count). The zero-order valence-electron chi connectivity index (χ0n) is 16.8. The van der Waals surface area contributed by atoms with Gasteiger partial charge < -0.3 is 14.4 Å². The highest BCUT2D eigenvalue weighted by Crippen LogP contribution is 2.15. The van der Waals surface area contributed by atoms with Crippen molar-refractivity contribution >= 4 is 18.4 Å². The molecule has 5 heteroatoms. The molecule has 0 aliphatic carbocycles. The minimum atomic E-state index is -0.0641. The summed E-state index contributed by atoms with van der Waals surface area (Å²) in [5, 5.41) is 0. The Balaban J connectivity index is 0.00000625. The van der Waals surface area contributed by atoms with Gasteiger partial charge in [0.1, 0.15) is 5.75 Å². The number of esters is 1. The van der Waals surface area contributed by atoms with E-state index in [2.05, 4.69) is 30.9 Å². The molecule has 1 aromatic rings. The van der Waals surface area contributed by atoms with Crippen LogP contribution in [0.25, 0.3) is 0 Å². The summed E-state index contributed by atoms with van der Waals surface area (Å²) in [4.78, 5) is 13.8. The van der Waals surface area contributed by atoms with E-state index in [0.29, 0.717) is 19.1 Å². The molecule has 0 spiro atoms. The molecule has 1 aromatic carbocycles. The summed E-state index contributed by atoms with van der Waals surface area (Å²) in [5.41, 5.74) is 1.35. The van der Waals surface area contributed by atoms with Crippen LogP contribution in [0.5, 0.6) is 5.75 Å². The molecule has 0 radical (unpaired) electrons. The lowest BCUT2D eigenvalue weighted by molar-refractivity contribution is -0.143. The molecule has 0 amide bonds. The number of ether oxygens (including phenoxy) is 2. The second-order valence-corrected chi connectivity index (χ2v) is 6.50. The predicted octanol–water partition coefficient (Wildman–Crippen LogP) is 4.88. The van der Waals surface area contributed by atoms with Gasteiger partial charge >= 0.3 is 5.97 Å². The smallest absolute Gasteiger partial charge is 0.305 e. The van der Waals surface area contributed by atoms with E-state index in [1.165, 1.54) is 18.4 Å². The number of carbonyl (C=O) groups is 1. The van der Waals surface area contributed by atoms with E-state index in [-0.39, 0.29) is 18.4 Å². The Bertz CT molecular complexity index is 479. The Hall–Kier alpha value is -1.26. The monoisotopic (exact) mass is 385 g/mol. The van der Waals surface area contributed by atoms with Gasteiger partial charge in [-0.15, -0.1) is 12.4 Å². The molecule has 150 valence electrons. The number of nitrogens with zero attached hydrogens (tertiary/aromatic N) is 1. The van der Waals surface area contributed by atoms with E-state index in [0.717, 1.165) is 38.1 Å². The summed E-state index contributed by atoms with van der Waals surface area (Å²) in [6.07, 6.45) is 6.00. The zero-order chi connectivity index (χ0) is 18.5. The molecule has 1 atom stereocenters.